The molecule has 21 heavy (non-hydrogen) atoms. The zero-order chi connectivity index (χ0) is 14.8. The Hall–Kier alpha value is -1.53. The van der Waals surface area contributed by atoms with Crippen LogP contribution in [0.3, 0.4) is 0 Å². The Morgan fingerprint density at radius 1 is 1.57 bits per heavy atom. The van der Waals surface area contributed by atoms with Crippen LogP contribution in [0, 0.1) is 6.92 Å². The minimum atomic E-state index is -0.0316. The van der Waals surface area contributed by atoms with Crippen LogP contribution >= 0.6 is 11.8 Å². The summed E-state index contributed by atoms with van der Waals surface area (Å²) in [4.78, 5) is 16.4. The highest BCUT2D eigenvalue weighted by Crippen LogP contribution is 2.16. The first-order valence-electron chi connectivity index (χ1n) is 7.16. The molecular formula is C15H20N4OS. The van der Waals surface area contributed by atoms with Crippen molar-refractivity contribution in [2.45, 2.75) is 19.4 Å². The average Bonchev–Trinajstić information content (AvgIpc) is 3.09. The van der Waals surface area contributed by atoms with Gasteiger partial charge in [0, 0.05) is 25.2 Å². The molecule has 1 aromatic carbocycles. The van der Waals surface area contributed by atoms with Crippen molar-refractivity contribution >= 4 is 28.7 Å². The van der Waals surface area contributed by atoms with Crippen molar-refractivity contribution in [3.8, 4) is 0 Å². The molecule has 1 aliphatic rings. The van der Waals surface area contributed by atoms with Gasteiger partial charge in [-0.15, -0.1) is 11.8 Å². The van der Waals surface area contributed by atoms with E-state index in [-0.39, 0.29) is 11.9 Å². The summed E-state index contributed by atoms with van der Waals surface area (Å²) in [6.45, 7) is 2.67. The summed E-state index contributed by atoms with van der Waals surface area (Å²) in [6, 6.07) is 6.29. The van der Waals surface area contributed by atoms with Crippen LogP contribution in [-0.4, -0.2) is 39.7 Å². The van der Waals surface area contributed by atoms with E-state index in [1.165, 1.54) is 5.56 Å². The quantitative estimate of drug-likeness (QED) is 0.891. The van der Waals surface area contributed by atoms with Crippen LogP contribution in [-0.2, 0) is 18.3 Å². The maximum absolute atomic E-state index is 11.9. The molecule has 0 radical (unpaired) electrons. The second-order valence-corrected chi connectivity index (χ2v) is 6.38. The molecule has 112 valence electrons. The maximum atomic E-state index is 11.9. The van der Waals surface area contributed by atoms with Gasteiger partial charge in [-0.25, -0.2) is 4.98 Å². The van der Waals surface area contributed by atoms with Gasteiger partial charge >= 0.3 is 0 Å². The smallest absolute Gasteiger partial charge is 0.238 e. The molecule has 5 nitrogen and oxygen atoms in total. The van der Waals surface area contributed by atoms with Crippen LogP contribution in [0.4, 0.5) is 0 Å². The van der Waals surface area contributed by atoms with Crippen molar-refractivity contribution in [3.05, 3.63) is 29.6 Å². The third-order valence-electron chi connectivity index (χ3n) is 3.91. The van der Waals surface area contributed by atoms with Crippen molar-refractivity contribution in [3.63, 3.8) is 0 Å². The highest BCUT2D eigenvalue weighted by molar-refractivity contribution is 7.99. The van der Waals surface area contributed by atoms with Crippen LogP contribution in [0.15, 0.2) is 18.2 Å². The number of hydrogen-bond donors (Lipinski definition) is 2. The molecule has 1 aliphatic heterocycles. The van der Waals surface area contributed by atoms with E-state index in [0.717, 1.165) is 34.9 Å². The van der Waals surface area contributed by atoms with Gasteiger partial charge in [0.1, 0.15) is 5.82 Å². The van der Waals surface area contributed by atoms with Crippen LogP contribution < -0.4 is 10.6 Å². The number of nitrogens with zero attached hydrogens (tertiary/aromatic N) is 2. The van der Waals surface area contributed by atoms with E-state index < -0.39 is 0 Å². The standard InChI is InChI=1S/C15H20N4OS/c1-10-18-12-7-11(3-4-14(12)19(10)2)5-6-16-15(20)13-8-21-9-17-13/h3-4,7,13,17H,5-6,8-9H2,1-2H3,(H,16,20). The number of aryl methyl sites for hydroxylation is 2. The number of amides is 1. The molecule has 3 rings (SSSR count). The Kier molecular flexibility index (Phi) is 4.17. The fourth-order valence-electron chi connectivity index (χ4n) is 2.54. The molecule has 0 spiro atoms. The molecule has 1 unspecified atom stereocenters. The topological polar surface area (TPSA) is 59.0 Å². The van der Waals surface area contributed by atoms with Gasteiger partial charge in [0.05, 0.1) is 17.1 Å². The number of thioether (sulfide) groups is 1. The summed E-state index contributed by atoms with van der Waals surface area (Å²) in [7, 11) is 2.02. The number of nitrogens with one attached hydrogen (secondary N) is 2. The summed E-state index contributed by atoms with van der Waals surface area (Å²) < 4.78 is 2.09. The largest absolute Gasteiger partial charge is 0.354 e. The lowest BCUT2D eigenvalue weighted by Crippen LogP contribution is -2.42. The monoisotopic (exact) mass is 304 g/mol. The zero-order valence-electron chi connectivity index (χ0n) is 12.3. The molecular weight excluding hydrogens is 284 g/mol. The Bertz CT molecular complexity index is 661. The highest BCUT2D eigenvalue weighted by Gasteiger charge is 2.21. The SMILES string of the molecule is Cc1nc2cc(CCNC(=O)C3CSCN3)ccc2n1C. The number of fused-ring (bicyclic) bond motifs is 1. The first kappa shape index (κ1) is 14.4. The number of hydrogen-bond acceptors (Lipinski definition) is 4. The Morgan fingerprint density at radius 2 is 2.43 bits per heavy atom. The Balaban J connectivity index is 1.59. The van der Waals surface area contributed by atoms with E-state index in [1.54, 1.807) is 11.8 Å². The third-order valence-corrected chi connectivity index (χ3v) is 4.85. The normalized spacial score (nSPS) is 18.3. The number of rotatable bonds is 4. The third kappa shape index (κ3) is 3.06. The van der Waals surface area contributed by atoms with Crippen molar-refractivity contribution < 1.29 is 4.79 Å². The number of carbonyl (C=O) groups is 1. The lowest BCUT2D eigenvalue weighted by atomic mass is 10.1. The molecule has 1 fully saturated rings. The van der Waals surface area contributed by atoms with E-state index in [1.807, 2.05) is 14.0 Å². The molecule has 6 heteroatoms. The molecule has 1 aromatic heterocycles. The summed E-state index contributed by atoms with van der Waals surface area (Å²) in [5.41, 5.74) is 3.37. The van der Waals surface area contributed by atoms with Gasteiger partial charge in [0.15, 0.2) is 0 Å². The lowest BCUT2D eigenvalue weighted by molar-refractivity contribution is -0.122. The van der Waals surface area contributed by atoms with Crippen LogP contribution in [0.25, 0.3) is 11.0 Å². The van der Waals surface area contributed by atoms with Gasteiger partial charge in [0.2, 0.25) is 5.91 Å². The number of imidazole rings is 1. The number of carbonyl (C=O) groups excluding carboxylic acids is 1. The van der Waals surface area contributed by atoms with E-state index in [2.05, 4.69) is 38.4 Å². The second kappa shape index (κ2) is 6.07. The number of aromatic nitrogens is 2. The van der Waals surface area contributed by atoms with E-state index in [9.17, 15) is 4.79 Å². The predicted molar refractivity (Wildman–Crippen MR) is 86.4 cm³/mol. The molecule has 2 aromatic rings. The Morgan fingerprint density at radius 3 is 3.19 bits per heavy atom. The molecule has 2 heterocycles. The van der Waals surface area contributed by atoms with Gasteiger partial charge in [-0.2, -0.15) is 0 Å². The maximum Gasteiger partial charge on any atom is 0.238 e. The molecule has 0 saturated carbocycles. The van der Waals surface area contributed by atoms with Gasteiger partial charge in [0.25, 0.3) is 0 Å². The van der Waals surface area contributed by atoms with E-state index in [0.29, 0.717) is 6.54 Å². The summed E-state index contributed by atoms with van der Waals surface area (Å²) in [5, 5.41) is 6.17. The fourth-order valence-corrected chi connectivity index (χ4v) is 3.48. The van der Waals surface area contributed by atoms with Crippen molar-refractivity contribution in [1.82, 2.24) is 20.2 Å². The molecule has 0 bridgehead atoms. The Labute approximate surface area is 128 Å². The molecule has 0 aliphatic carbocycles. The minimum absolute atomic E-state index is 0.0316. The summed E-state index contributed by atoms with van der Waals surface area (Å²) in [5.74, 6) is 2.86. The average molecular weight is 304 g/mol. The first-order chi connectivity index (χ1) is 10.1. The molecule has 1 saturated heterocycles. The minimum Gasteiger partial charge on any atom is -0.354 e. The lowest BCUT2D eigenvalue weighted by Gasteiger charge is -2.10. The van der Waals surface area contributed by atoms with Crippen LogP contribution in [0.2, 0.25) is 0 Å². The highest BCUT2D eigenvalue weighted by atomic mass is 32.2. The van der Waals surface area contributed by atoms with Gasteiger partial charge < -0.3 is 9.88 Å². The van der Waals surface area contributed by atoms with Crippen molar-refractivity contribution in [2.24, 2.45) is 7.05 Å². The summed E-state index contributed by atoms with van der Waals surface area (Å²) >= 11 is 1.76. The molecule has 1 atom stereocenters. The van der Waals surface area contributed by atoms with E-state index in [4.69, 9.17) is 0 Å². The van der Waals surface area contributed by atoms with Gasteiger partial charge in [-0.1, -0.05) is 6.07 Å². The predicted octanol–water partition coefficient (Wildman–Crippen LogP) is 1.20. The molecule has 2 N–H and O–H groups in total. The van der Waals surface area contributed by atoms with E-state index >= 15 is 0 Å². The molecule has 1 amide bonds. The van der Waals surface area contributed by atoms with Gasteiger partial charge in [-0.3, -0.25) is 10.1 Å². The fraction of sp³-hybridized carbons (Fsp3) is 0.467. The van der Waals surface area contributed by atoms with Crippen molar-refractivity contribution in [2.75, 3.05) is 18.2 Å². The number of benzene rings is 1. The first-order valence-corrected chi connectivity index (χ1v) is 8.31. The van der Waals surface area contributed by atoms with Crippen molar-refractivity contribution in [1.29, 1.82) is 0 Å². The van der Waals surface area contributed by atoms with Gasteiger partial charge in [-0.05, 0) is 31.0 Å². The van der Waals surface area contributed by atoms with Crippen LogP contribution in [0.1, 0.15) is 11.4 Å². The summed E-state index contributed by atoms with van der Waals surface area (Å²) in [6.07, 6.45) is 0.831. The zero-order valence-corrected chi connectivity index (χ0v) is 13.2. The second-order valence-electron chi connectivity index (χ2n) is 5.35. The van der Waals surface area contributed by atoms with Crippen LogP contribution in [0.5, 0.6) is 0 Å².